The molecule has 0 amide bonds. The van der Waals surface area contributed by atoms with E-state index in [1.807, 2.05) is 48.5 Å². The molecule has 9 aromatic carbocycles. The fourth-order valence-corrected chi connectivity index (χ4v) is 8.67. The van der Waals surface area contributed by atoms with Crippen molar-refractivity contribution >= 4 is 81.3 Å². The number of rotatable bonds is 6. The second kappa shape index (κ2) is 12.9. The lowest BCUT2D eigenvalue weighted by Gasteiger charge is -2.27. The molecule has 0 aliphatic carbocycles. The first-order valence-corrected chi connectivity index (χ1v) is 18.3. The first-order valence-electron chi connectivity index (χ1n) is 24.9. The number of hydrogen-bond donors (Lipinski definition) is 0. The summed E-state index contributed by atoms with van der Waals surface area (Å²) in [5, 5.41) is 5.19. The van der Waals surface area contributed by atoms with Gasteiger partial charge in [0.25, 0.3) is 0 Å². The smallest absolute Gasteiger partial charge is 0.136 e. The molecule has 258 valence electrons. The van der Waals surface area contributed by atoms with Gasteiger partial charge in [0.2, 0.25) is 0 Å². The summed E-state index contributed by atoms with van der Waals surface area (Å²) in [6, 6.07) is 24.6. The molecule has 0 N–H and O–H groups in total. The molecule has 0 aliphatic heterocycles. The third-order valence-electron chi connectivity index (χ3n) is 9.83. The SMILES string of the molecule is [2H]c1cc(N(c2cc([2H])c(-c3c([2H])c([2H])c([2H])c([2H])c3[2H])c([2H])c2[2H])c2cccc3c2ccc2oc4cccc(-c5cccc6c5sc5ccccc56)c4c23)cc([2H])c1-c1c([2H])c([2H])c([2H])c([2H])c1[2H]. The van der Waals surface area contributed by atoms with Crippen molar-refractivity contribution in [2.75, 3.05) is 4.90 Å². The summed E-state index contributed by atoms with van der Waals surface area (Å²) in [5.41, 5.74) is 2.15. The molecule has 0 unspecified atom stereocenters. The van der Waals surface area contributed by atoms with Gasteiger partial charge in [-0.05, 0) is 87.8 Å². The van der Waals surface area contributed by atoms with Gasteiger partial charge in [-0.1, -0.05) is 145 Å². The van der Waals surface area contributed by atoms with Gasteiger partial charge in [-0.2, -0.15) is 0 Å². The van der Waals surface area contributed by atoms with Crippen LogP contribution in [0.3, 0.4) is 0 Å². The minimum absolute atomic E-state index is 0.0794. The maximum atomic E-state index is 9.58. The quantitative estimate of drug-likeness (QED) is 0.169. The average Bonchev–Trinajstić information content (AvgIpc) is 3.94. The Hall–Kier alpha value is -6.94. The second-order valence-corrected chi connectivity index (χ2v) is 13.9. The zero-order chi connectivity index (χ0) is 49.3. The highest BCUT2D eigenvalue weighted by molar-refractivity contribution is 7.26. The number of nitrogens with zero attached hydrogens (tertiary/aromatic N) is 1. The van der Waals surface area contributed by atoms with Crippen LogP contribution in [0.2, 0.25) is 0 Å². The van der Waals surface area contributed by atoms with E-state index in [1.165, 1.54) is 23.1 Å². The molecule has 0 bridgehead atoms. The van der Waals surface area contributed by atoms with E-state index in [0.717, 1.165) is 42.1 Å². The molecule has 0 fully saturated rings. The normalized spacial score (nSPS) is 15.5. The third-order valence-corrected chi connectivity index (χ3v) is 11.0. The van der Waals surface area contributed by atoms with E-state index in [-0.39, 0.29) is 28.1 Å². The molecule has 2 nitrogen and oxygen atoms in total. The summed E-state index contributed by atoms with van der Waals surface area (Å²) in [6.45, 7) is 0. The number of fused-ring (bicyclic) bond motifs is 8. The highest BCUT2D eigenvalue weighted by Crippen LogP contribution is 2.47. The first-order chi connectivity index (χ1) is 33.5. The molecule has 3 heteroatoms. The topological polar surface area (TPSA) is 16.4 Å². The molecule has 0 spiro atoms. The molecular formula is C52H33NOS. The van der Waals surface area contributed by atoms with Crippen molar-refractivity contribution in [1.82, 2.24) is 0 Å². The molecule has 11 rings (SSSR count). The Kier molecular flexibility index (Phi) is 4.67. The molecule has 0 atom stereocenters. The average molecular weight is 735 g/mol. The highest BCUT2D eigenvalue weighted by Gasteiger charge is 2.21. The second-order valence-electron chi connectivity index (χ2n) is 12.9. The Balaban J connectivity index is 1.20. The van der Waals surface area contributed by atoms with E-state index in [1.54, 1.807) is 23.5 Å². The van der Waals surface area contributed by atoms with Crippen molar-refractivity contribution in [2.24, 2.45) is 0 Å². The van der Waals surface area contributed by atoms with Gasteiger partial charge < -0.3 is 9.32 Å². The lowest BCUT2D eigenvalue weighted by atomic mass is 9.95. The monoisotopic (exact) mass is 734 g/mol. The third kappa shape index (κ3) is 5.24. The summed E-state index contributed by atoms with van der Waals surface area (Å²) in [4.78, 5) is 1.50. The molecule has 55 heavy (non-hydrogen) atoms. The van der Waals surface area contributed by atoms with E-state index >= 15 is 0 Å². The van der Waals surface area contributed by atoms with Crippen molar-refractivity contribution < 1.29 is 25.0 Å². The van der Waals surface area contributed by atoms with Crippen LogP contribution >= 0.6 is 11.3 Å². The number of benzene rings is 9. The van der Waals surface area contributed by atoms with Crippen LogP contribution in [-0.4, -0.2) is 0 Å². The van der Waals surface area contributed by atoms with E-state index in [9.17, 15) is 6.85 Å². The number of anilines is 3. The predicted molar refractivity (Wildman–Crippen MR) is 235 cm³/mol. The maximum absolute atomic E-state index is 9.58. The number of thiophene rings is 1. The standard InChI is InChI=1S/C52H33NOS/c1-3-12-34(13-4-1)36-24-28-38(29-25-36)53(39-30-26-37(27-31-39)35-14-5-2-6-15-35)46-21-10-17-42-40(46)32-33-48-50(42)51-43(18-11-22-47(51)54-48)45-20-9-19-44-41-16-7-8-23-49(41)55-52(44)45/h1-33H/i1D,2D,3D,4D,5D,6D,12D,13D,14D,15D,24D,25D,26D,27D,28D. The molecule has 0 aliphatic rings. The fraction of sp³-hybridized carbons (Fsp3) is 0. The number of furan rings is 1. The molecular weight excluding hydrogens is 687 g/mol. The summed E-state index contributed by atoms with van der Waals surface area (Å²) in [6.07, 6.45) is 0. The van der Waals surface area contributed by atoms with Crippen molar-refractivity contribution in [3.8, 4) is 33.4 Å². The summed E-state index contributed by atoms with van der Waals surface area (Å²) in [5.74, 6) is 0. The predicted octanol–water partition coefficient (Wildman–Crippen LogP) is 15.6. The van der Waals surface area contributed by atoms with E-state index in [2.05, 4.69) is 30.3 Å². The van der Waals surface area contributed by atoms with Crippen molar-refractivity contribution in [2.45, 2.75) is 0 Å². The van der Waals surface area contributed by atoms with Crippen molar-refractivity contribution in [3.05, 3.63) is 200 Å². The van der Waals surface area contributed by atoms with Crippen LogP contribution in [0.4, 0.5) is 17.1 Å². The Bertz CT molecular complexity index is 4030. The lowest BCUT2D eigenvalue weighted by molar-refractivity contribution is 0.669. The zero-order valence-electron chi connectivity index (χ0n) is 43.7. The zero-order valence-corrected chi connectivity index (χ0v) is 29.5. The molecule has 2 aromatic heterocycles. The van der Waals surface area contributed by atoms with E-state index in [4.69, 9.17) is 18.1 Å². The Morgan fingerprint density at radius 2 is 1.04 bits per heavy atom. The van der Waals surface area contributed by atoms with Gasteiger partial charge in [-0.25, -0.2) is 0 Å². The van der Waals surface area contributed by atoms with Gasteiger partial charge in [0, 0.05) is 53.3 Å². The molecule has 0 saturated heterocycles. The van der Waals surface area contributed by atoms with E-state index in [0.29, 0.717) is 27.6 Å². The van der Waals surface area contributed by atoms with Crippen LogP contribution in [-0.2, 0) is 0 Å². The van der Waals surface area contributed by atoms with Gasteiger partial charge in [-0.3, -0.25) is 0 Å². The van der Waals surface area contributed by atoms with Crippen LogP contribution in [0.25, 0.3) is 86.3 Å². The van der Waals surface area contributed by atoms with Crippen LogP contribution in [0.5, 0.6) is 0 Å². The minimum Gasteiger partial charge on any atom is -0.456 e. The Labute approximate surface area is 343 Å². The minimum atomic E-state index is -0.672. The van der Waals surface area contributed by atoms with Gasteiger partial charge in [0.05, 0.1) is 26.2 Å². The van der Waals surface area contributed by atoms with Crippen LogP contribution in [0.15, 0.2) is 204 Å². The molecule has 11 aromatic rings. The fourth-order valence-electron chi connectivity index (χ4n) is 7.44. The van der Waals surface area contributed by atoms with Crippen LogP contribution in [0, 0.1) is 0 Å². The van der Waals surface area contributed by atoms with Crippen LogP contribution < -0.4 is 4.90 Å². The van der Waals surface area contributed by atoms with Gasteiger partial charge in [0.15, 0.2) is 0 Å². The maximum Gasteiger partial charge on any atom is 0.136 e. The number of hydrogen-bond acceptors (Lipinski definition) is 3. The Morgan fingerprint density at radius 3 is 1.84 bits per heavy atom. The van der Waals surface area contributed by atoms with Gasteiger partial charge in [-0.15, -0.1) is 11.3 Å². The highest BCUT2D eigenvalue weighted by atomic mass is 32.1. The first kappa shape index (κ1) is 19.9. The largest absolute Gasteiger partial charge is 0.456 e. The van der Waals surface area contributed by atoms with Gasteiger partial charge in [0.1, 0.15) is 11.2 Å². The van der Waals surface area contributed by atoms with Gasteiger partial charge >= 0.3 is 0 Å². The summed E-state index contributed by atoms with van der Waals surface area (Å²) < 4.78 is 140. The molecule has 0 saturated carbocycles. The summed E-state index contributed by atoms with van der Waals surface area (Å²) >= 11 is 1.70. The van der Waals surface area contributed by atoms with E-state index < -0.39 is 96.2 Å². The van der Waals surface area contributed by atoms with Crippen molar-refractivity contribution in [1.29, 1.82) is 0 Å². The Morgan fingerprint density at radius 1 is 0.418 bits per heavy atom. The summed E-state index contributed by atoms with van der Waals surface area (Å²) in [7, 11) is 0. The van der Waals surface area contributed by atoms with Crippen molar-refractivity contribution in [3.63, 3.8) is 0 Å². The molecule has 2 heterocycles. The molecule has 0 radical (unpaired) electrons. The van der Waals surface area contributed by atoms with Crippen LogP contribution in [0.1, 0.15) is 20.6 Å². The lowest BCUT2D eigenvalue weighted by Crippen LogP contribution is -2.10.